The summed E-state index contributed by atoms with van der Waals surface area (Å²) in [5.74, 6) is -2.78. The van der Waals surface area contributed by atoms with Crippen LogP contribution < -0.4 is 4.72 Å². The van der Waals surface area contributed by atoms with Crippen molar-refractivity contribution in [1.29, 1.82) is 0 Å². The Balaban J connectivity index is 2.31. The summed E-state index contributed by atoms with van der Waals surface area (Å²) in [4.78, 5) is 22.9. The van der Waals surface area contributed by atoms with E-state index >= 15 is 0 Å². The second-order valence-electron chi connectivity index (χ2n) is 5.39. The molecule has 0 atom stereocenters. The van der Waals surface area contributed by atoms with E-state index in [0.29, 0.717) is 5.56 Å². The molecule has 0 radical (unpaired) electrons. The van der Waals surface area contributed by atoms with E-state index in [1.807, 2.05) is 4.72 Å². The van der Waals surface area contributed by atoms with Gasteiger partial charge in [-0.05, 0) is 46.1 Å². The highest BCUT2D eigenvalue weighted by Gasteiger charge is 2.25. The van der Waals surface area contributed by atoms with Gasteiger partial charge in [-0.25, -0.2) is 22.3 Å². The Kier molecular flexibility index (Phi) is 6.14. The summed E-state index contributed by atoms with van der Waals surface area (Å²) in [5.41, 5.74) is 1.29. The zero-order valence-corrected chi connectivity index (χ0v) is 16.3. The van der Waals surface area contributed by atoms with E-state index in [4.69, 9.17) is 0 Å². The highest BCUT2D eigenvalue weighted by molar-refractivity contribution is 9.10. The lowest BCUT2D eigenvalue weighted by molar-refractivity contribution is -0.118. The summed E-state index contributed by atoms with van der Waals surface area (Å²) in [5, 5.41) is 0. The van der Waals surface area contributed by atoms with Crippen LogP contribution in [0.1, 0.15) is 21.5 Å². The molecule has 138 valence electrons. The fraction of sp³-hybridized carbons (Fsp3) is 0.176. The Morgan fingerprint density at radius 3 is 2.50 bits per heavy atom. The number of nitrogens with one attached hydrogen (secondary N) is 1. The van der Waals surface area contributed by atoms with Crippen LogP contribution in [0.25, 0.3) is 0 Å². The number of carbonyl (C=O) groups is 2. The van der Waals surface area contributed by atoms with Crippen molar-refractivity contribution < 1.29 is 27.1 Å². The first-order valence-electron chi connectivity index (χ1n) is 7.33. The van der Waals surface area contributed by atoms with Gasteiger partial charge < -0.3 is 4.74 Å². The molecule has 0 fully saturated rings. The number of methoxy groups -OCH3 is 1. The molecule has 0 aromatic heterocycles. The zero-order chi connectivity index (χ0) is 19.5. The minimum Gasteiger partial charge on any atom is -0.465 e. The molecule has 0 saturated carbocycles. The largest absolute Gasteiger partial charge is 0.465 e. The third-order valence-corrected chi connectivity index (χ3v) is 5.62. The van der Waals surface area contributed by atoms with Crippen molar-refractivity contribution >= 4 is 37.8 Å². The molecule has 0 aliphatic heterocycles. The highest BCUT2D eigenvalue weighted by Crippen LogP contribution is 2.25. The van der Waals surface area contributed by atoms with Crippen LogP contribution in [0.5, 0.6) is 0 Å². The zero-order valence-electron chi connectivity index (χ0n) is 13.9. The van der Waals surface area contributed by atoms with Gasteiger partial charge in [-0.3, -0.25) is 4.79 Å². The van der Waals surface area contributed by atoms with E-state index < -0.39 is 32.6 Å². The lowest BCUT2D eigenvalue weighted by Gasteiger charge is -2.11. The molecule has 0 aliphatic carbocycles. The van der Waals surface area contributed by atoms with Crippen molar-refractivity contribution in [3.8, 4) is 0 Å². The number of carbonyl (C=O) groups excluding carboxylic acids is 2. The fourth-order valence-corrected chi connectivity index (χ4v) is 3.77. The van der Waals surface area contributed by atoms with Gasteiger partial charge >= 0.3 is 5.97 Å². The molecule has 0 bridgehead atoms. The number of halogens is 2. The normalized spacial score (nSPS) is 11.1. The summed E-state index contributed by atoms with van der Waals surface area (Å²) < 4.78 is 45.2. The molecule has 2 aromatic carbocycles. The van der Waals surface area contributed by atoms with Gasteiger partial charge in [0.2, 0.25) is 5.91 Å². The Hall–Kier alpha value is -2.26. The number of hydrogen-bond acceptors (Lipinski definition) is 5. The second-order valence-corrected chi connectivity index (χ2v) is 7.89. The van der Waals surface area contributed by atoms with E-state index in [1.54, 1.807) is 31.2 Å². The number of sulfonamides is 1. The maximum Gasteiger partial charge on any atom is 0.339 e. The first-order valence-corrected chi connectivity index (χ1v) is 9.61. The fourth-order valence-electron chi connectivity index (χ4n) is 2.22. The van der Waals surface area contributed by atoms with Gasteiger partial charge in [0.1, 0.15) is 10.7 Å². The SMILES string of the molecule is COC(=O)c1cc(S(=O)(=O)NC(=O)Cc2ccccc2C)c(F)cc1Br. The van der Waals surface area contributed by atoms with Gasteiger partial charge in [0.25, 0.3) is 10.0 Å². The van der Waals surface area contributed by atoms with Gasteiger partial charge in [0, 0.05) is 4.47 Å². The minimum absolute atomic E-state index is 0.0343. The Bertz CT molecular complexity index is 975. The standard InChI is InChI=1S/C17H15BrFNO5S/c1-10-5-3-4-6-11(10)7-16(21)20-26(23,24)15-8-12(17(22)25-2)13(18)9-14(15)19/h3-6,8-9H,7H2,1-2H3,(H,20,21). The molecule has 1 amide bonds. The quantitative estimate of drug-likeness (QED) is 0.717. The van der Waals surface area contributed by atoms with Crippen LogP contribution in [0.4, 0.5) is 4.39 Å². The maximum absolute atomic E-state index is 14.1. The van der Waals surface area contributed by atoms with E-state index in [2.05, 4.69) is 20.7 Å². The van der Waals surface area contributed by atoms with Crippen LogP contribution in [0.2, 0.25) is 0 Å². The predicted octanol–water partition coefficient (Wildman–Crippen LogP) is 2.73. The molecule has 0 aliphatic rings. The maximum atomic E-state index is 14.1. The molecule has 1 N–H and O–H groups in total. The third-order valence-electron chi connectivity index (χ3n) is 3.58. The van der Waals surface area contributed by atoms with Crippen LogP contribution in [-0.4, -0.2) is 27.4 Å². The van der Waals surface area contributed by atoms with E-state index in [1.165, 1.54) is 0 Å². The smallest absolute Gasteiger partial charge is 0.339 e. The number of ether oxygens (including phenoxy) is 1. The summed E-state index contributed by atoms with van der Waals surface area (Å²) in [7, 11) is -3.40. The van der Waals surface area contributed by atoms with Crippen LogP contribution in [0.3, 0.4) is 0 Å². The topological polar surface area (TPSA) is 89.5 Å². The summed E-state index contributed by atoms with van der Waals surface area (Å²) in [6.45, 7) is 1.79. The van der Waals surface area contributed by atoms with E-state index in [0.717, 1.165) is 24.8 Å². The van der Waals surface area contributed by atoms with Crippen LogP contribution in [0.15, 0.2) is 45.8 Å². The van der Waals surface area contributed by atoms with Gasteiger partial charge in [-0.15, -0.1) is 0 Å². The van der Waals surface area contributed by atoms with E-state index in [9.17, 15) is 22.4 Å². The highest BCUT2D eigenvalue weighted by atomic mass is 79.9. The molecule has 2 aromatic rings. The van der Waals surface area contributed by atoms with Crippen LogP contribution >= 0.6 is 15.9 Å². The number of amides is 1. The van der Waals surface area contributed by atoms with Gasteiger partial charge in [-0.1, -0.05) is 24.3 Å². The van der Waals surface area contributed by atoms with Crippen LogP contribution in [0, 0.1) is 12.7 Å². The summed E-state index contributed by atoms with van der Waals surface area (Å²) >= 11 is 2.97. The summed E-state index contributed by atoms with van der Waals surface area (Å²) in [6.07, 6.45) is -0.187. The van der Waals surface area contributed by atoms with Gasteiger partial charge in [-0.2, -0.15) is 0 Å². The van der Waals surface area contributed by atoms with E-state index in [-0.39, 0.29) is 16.5 Å². The molecule has 0 spiro atoms. The minimum atomic E-state index is -4.51. The Morgan fingerprint density at radius 2 is 1.88 bits per heavy atom. The molecule has 0 saturated heterocycles. The lowest BCUT2D eigenvalue weighted by Crippen LogP contribution is -2.32. The number of aryl methyl sites for hydroxylation is 1. The average molecular weight is 444 g/mol. The molecular formula is C17H15BrFNO5S. The Labute approximate surface area is 158 Å². The molecule has 0 unspecified atom stereocenters. The molecular weight excluding hydrogens is 429 g/mol. The average Bonchev–Trinajstić information content (AvgIpc) is 2.55. The van der Waals surface area contributed by atoms with Crippen molar-refractivity contribution in [2.75, 3.05) is 7.11 Å². The van der Waals surface area contributed by atoms with Crippen LogP contribution in [-0.2, 0) is 26.0 Å². The van der Waals surface area contributed by atoms with Crippen molar-refractivity contribution in [3.05, 3.63) is 63.4 Å². The first kappa shape index (κ1) is 20.1. The summed E-state index contributed by atoms with van der Waals surface area (Å²) in [6, 6.07) is 8.63. The lowest BCUT2D eigenvalue weighted by atomic mass is 10.1. The van der Waals surface area contributed by atoms with Crippen molar-refractivity contribution in [2.45, 2.75) is 18.2 Å². The van der Waals surface area contributed by atoms with Gasteiger partial charge in [0.05, 0.1) is 19.1 Å². The molecule has 26 heavy (non-hydrogen) atoms. The first-order chi connectivity index (χ1) is 12.2. The molecule has 9 heteroatoms. The number of esters is 1. The van der Waals surface area contributed by atoms with Crippen molar-refractivity contribution in [2.24, 2.45) is 0 Å². The molecule has 6 nitrogen and oxygen atoms in total. The molecule has 0 heterocycles. The third kappa shape index (κ3) is 4.47. The van der Waals surface area contributed by atoms with Crippen molar-refractivity contribution in [1.82, 2.24) is 4.72 Å². The van der Waals surface area contributed by atoms with Gasteiger partial charge in [0.15, 0.2) is 0 Å². The Morgan fingerprint density at radius 1 is 1.23 bits per heavy atom. The number of benzene rings is 2. The monoisotopic (exact) mass is 443 g/mol. The number of hydrogen-bond donors (Lipinski definition) is 1. The predicted molar refractivity (Wildman–Crippen MR) is 95.7 cm³/mol. The second kappa shape index (κ2) is 7.96. The number of rotatable bonds is 5. The van der Waals surface area contributed by atoms with Crippen molar-refractivity contribution in [3.63, 3.8) is 0 Å². The molecule has 2 rings (SSSR count).